The van der Waals surface area contributed by atoms with Crippen LogP contribution in [0.4, 0.5) is 0 Å². The van der Waals surface area contributed by atoms with Crippen LogP contribution in [0.25, 0.3) is 5.65 Å². The zero-order valence-corrected chi connectivity index (χ0v) is 13.8. The Balaban J connectivity index is 1.50. The molecule has 2 saturated heterocycles. The first-order valence-electron chi connectivity index (χ1n) is 8.47. The van der Waals surface area contributed by atoms with Gasteiger partial charge in [-0.05, 0) is 31.9 Å². The number of ketones is 1. The number of fused-ring (bicyclic) bond motifs is 1. The highest BCUT2D eigenvalue weighted by Crippen LogP contribution is 2.33. The van der Waals surface area contributed by atoms with Crippen molar-refractivity contribution < 1.29 is 14.3 Å². The van der Waals surface area contributed by atoms with Gasteiger partial charge in [-0.1, -0.05) is 6.07 Å². The molecule has 0 N–H and O–H groups in total. The molecule has 4 rings (SSSR count). The number of hydrogen-bond donors (Lipinski definition) is 0. The first-order valence-corrected chi connectivity index (χ1v) is 8.47. The quantitative estimate of drug-likeness (QED) is 0.839. The van der Waals surface area contributed by atoms with Gasteiger partial charge < -0.3 is 14.0 Å². The Kier molecular flexibility index (Phi) is 3.64. The molecule has 0 saturated carbocycles. The minimum atomic E-state index is -0.615. The summed E-state index contributed by atoms with van der Waals surface area (Å²) < 4.78 is 7.65. The SMILES string of the molecule is Cc1nc2ccccn2c1CC(=O)N1CCC2(CCCO2)C(=O)C1. The second-order valence-corrected chi connectivity index (χ2v) is 6.68. The molecular weight excluding hydrogens is 306 g/mol. The second-order valence-electron chi connectivity index (χ2n) is 6.68. The molecule has 0 aliphatic carbocycles. The fraction of sp³-hybridized carbons (Fsp3) is 0.500. The van der Waals surface area contributed by atoms with E-state index >= 15 is 0 Å². The minimum Gasteiger partial charge on any atom is -0.367 e. The van der Waals surface area contributed by atoms with Crippen molar-refractivity contribution in [2.45, 2.75) is 38.2 Å². The summed E-state index contributed by atoms with van der Waals surface area (Å²) in [6.07, 6.45) is 4.52. The van der Waals surface area contributed by atoms with Gasteiger partial charge in [0.2, 0.25) is 5.91 Å². The molecule has 2 aliphatic rings. The predicted octanol–water partition coefficient (Wildman–Crippen LogP) is 1.54. The van der Waals surface area contributed by atoms with Crippen LogP contribution in [0.3, 0.4) is 0 Å². The van der Waals surface area contributed by atoms with Crippen molar-refractivity contribution in [3.05, 3.63) is 35.8 Å². The van der Waals surface area contributed by atoms with Gasteiger partial charge in [0.05, 0.1) is 24.4 Å². The Bertz CT molecular complexity index is 805. The summed E-state index contributed by atoms with van der Waals surface area (Å²) in [5.41, 5.74) is 1.97. The molecule has 2 aromatic heterocycles. The average molecular weight is 327 g/mol. The number of Topliss-reactive ketones (excluding diaryl/α,β-unsaturated/α-hetero) is 1. The average Bonchev–Trinajstić information content (AvgIpc) is 3.16. The van der Waals surface area contributed by atoms with E-state index in [-0.39, 0.29) is 24.7 Å². The molecule has 0 aromatic carbocycles. The topological polar surface area (TPSA) is 63.9 Å². The molecule has 1 atom stereocenters. The highest BCUT2D eigenvalue weighted by atomic mass is 16.5. The Morgan fingerprint density at radius 1 is 1.38 bits per heavy atom. The van der Waals surface area contributed by atoms with Gasteiger partial charge in [0.25, 0.3) is 0 Å². The number of carbonyl (C=O) groups is 2. The normalized spacial score (nSPS) is 24.2. The number of imidazole rings is 1. The lowest BCUT2D eigenvalue weighted by Gasteiger charge is -2.37. The molecule has 2 aliphatic heterocycles. The lowest BCUT2D eigenvalue weighted by atomic mass is 9.87. The van der Waals surface area contributed by atoms with Gasteiger partial charge >= 0.3 is 0 Å². The van der Waals surface area contributed by atoms with Crippen LogP contribution in [-0.4, -0.2) is 51.3 Å². The molecule has 126 valence electrons. The molecule has 0 radical (unpaired) electrons. The smallest absolute Gasteiger partial charge is 0.228 e. The summed E-state index contributed by atoms with van der Waals surface area (Å²) in [6.45, 7) is 3.31. The minimum absolute atomic E-state index is 0.0232. The Hall–Kier alpha value is -2.21. The molecule has 1 spiro atoms. The fourth-order valence-corrected chi connectivity index (χ4v) is 3.81. The van der Waals surface area contributed by atoms with Gasteiger partial charge in [-0.25, -0.2) is 4.98 Å². The van der Waals surface area contributed by atoms with Crippen molar-refractivity contribution >= 4 is 17.3 Å². The number of piperidine rings is 1. The van der Waals surface area contributed by atoms with Crippen LogP contribution < -0.4 is 0 Å². The standard InChI is InChI=1S/C18H21N3O3/c1-13-14(21-8-3-2-5-16(21)19-13)11-17(23)20-9-7-18(15(22)12-20)6-4-10-24-18/h2-3,5,8H,4,6-7,9-12H2,1H3. The molecule has 0 bridgehead atoms. The van der Waals surface area contributed by atoms with Crippen LogP contribution in [0, 0.1) is 6.92 Å². The molecule has 2 aromatic rings. The largest absolute Gasteiger partial charge is 0.367 e. The maximum Gasteiger partial charge on any atom is 0.228 e. The summed E-state index contributed by atoms with van der Waals surface area (Å²) in [5, 5.41) is 0. The highest BCUT2D eigenvalue weighted by molar-refractivity contribution is 5.94. The van der Waals surface area contributed by atoms with Gasteiger partial charge in [-0.3, -0.25) is 9.59 Å². The van der Waals surface area contributed by atoms with E-state index in [0.717, 1.165) is 29.9 Å². The monoisotopic (exact) mass is 327 g/mol. The van der Waals surface area contributed by atoms with Crippen LogP contribution >= 0.6 is 0 Å². The molecule has 1 amide bonds. The van der Waals surface area contributed by atoms with Gasteiger partial charge in [-0.15, -0.1) is 0 Å². The third-order valence-corrected chi connectivity index (χ3v) is 5.23. The number of amides is 1. The van der Waals surface area contributed by atoms with Crippen LogP contribution in [0.1, 0.15) is 30.7 Å². The van der Waals surface area contributed by atoms with E-state index in [1.165, 1.54) is 0 Å². The number of rotatable bonds is 2. The number of carbonyl (C=O) groups excluding carboxylic acids is 2. The van der Waals surface area contributed by atoms with Crippen molar-refractivity contribution in [3.8, 4) is 0 Å². The molecule has 6 nitrogen and oxygen atoms in total. The van der Waals surface area contributed by atoms with E-state index in [1.807, 2.05) is 35.7 Å². The van der Waals surface area contributed by atoms with Crippen molar-refractivity contribution in [1.29, 1.82) is 0 Å². The molecule has 2 fully saturated rings. The van der Waals surface area contributed by atoms with Gasteiger partial charge in [0, 0.05) is 25.8 Å². The zero-order chi connectivity index (χ0) is 16.7. The number of ether oxygens (including phenoxy) is 1. The third-order valence-electron chi connectivity index (χ3n) is 5.23. The number of aromatic nitrogens is 2. The number of nitrogens with zero attached hydrogens (tertiary/aromatic N) is 3. The molecule has 6 heteroatoms. The number of aryl methyl sites for hydroxylation is 1. The molecular formula is C18H21N3O3. The summed E-state index contributed by atoms with van der Waals surface area (Å²) in [5.74, 6) is 0.0272. The Morgan fingerprint density at radius 3 is 3.00 bits per heavy atom. The van der Waals surface area contributed by atoms with Crippen molar-refractivity contribution in [3.63, 3.8) is 0 Å². The van der Waals surface area contributed by atoms with Gasteiger partial charge in [0.15, 0.2) is 5.78 Å². The summed E-state index contributed by atoms with van der Waals surface area (Å²) in [4.78, 5) is 31.3. The summed E-state index contributed by atoms with van der Waals surface area (Å²) in [6, 6.07) is 5.78. The lowest BCUT2D eigenvalue weighted by Crippen LogP contribution is -2.54. The fourth-order valence-electron chi connectivity index (χ4n) is 3.81. The van der Waals surface area contributed by atoms with E-state index in [9.17, 15) is 9.59 Å². The van der Waals surface area contributed by atoms with E-state index in [4.69, 9.17) is 4.74 Å². The van der Waals surface area contributed by atoms with E-state index in [1.54, 1.807) is 4.90 Å². The molecule has 1 unspecified atom stereocenters. The van der Waals surface area contributed by atoms with Crippen molar-refractivity contribution in [2.75, 3.05) is 19.7 Å². The lowest BCUT2D eigenvalue weighted by molar-refractivity contribution is -0.152. The molecule has 4 heterocycles. The second kappa shape index (κ2) is 5.70. The summed E-state index contributed by atoms with van der Waals surface area (Å²) in [7, 11) is 0. The predicted molar refractivity (Wildman–Crippen MR) is 87.8 cm³/mol. The maximum absolute atomic E-state index is 12.7. The Morgan fingerprint density at radius 2 is 2.25 bits per heavy atom. The van der Waals surface area contributed by atoms with Gasteiger partial charge in [0.1, 0.15) is 11.2 Å². The van der Waals surface area contributed by atoms with Crippen LogP contribution in [0.15, 0.2) is 24.4 Å². The third kappa shape index (κ3) is 2.41. The Labute approximate surface area is 140 Å². The summed E-state index contributed by atoms with van der Waals surface area (Å²) >= 11 is 0. The molecule has 24 heavy (non-hydrogen) atoms. The van der Waals surface area contributed by atoms with E-state index < -0.39 is 5.60 Å². The van der Waals surface area contributed by atoms with Gasteiger partial charge in [-0.2, -0.15) is 0 Å². The number of hydrogen-bond acceptors (Lipinski definition) is 4. The van der Waals surface area contributed by atoms with E-state index in [0.29, 0.717) is 19.6 Å². The number of likely N-dealkylation sites (tertiary alicyclic amines) is 1. The van der Waals surface area contributed by atoms with Crippen molar-refractivity contribution in [1.82, 2.24) is 14.3 Å². The van der Waals surface area contributed by atoms with Crippen LogP contribution in [0.5, 0.6) is 0 Å². The highest BCUT2D eigenvalue weighted by Gasteiger charge is 2.46. The van der Waals surface area contributed by atoms with Crippen LogP contribution in [-0.2, 0) is 20.7 Å². The first-order chi connectivity index (χ1) is 11.6. The number of pyridine rings is 1. The first kappa shape index (κ1) is 15.3. The van der Waals surface area contributed by atoms with E-state index in [2.05, 4.69) is 4.98 Å². The van der Waals surface area contributed by atoms with Crippen molar-refractivity contribution in [2.24, 2.45) is 0 Å². The van der Waals surface area contributed by atoms with Crippen LogP contribution in [0.2, 0.25) is 0 Å². The maximum atomic E-state index is 12.7. The zero-order valence-electron chi connectivity index (χ0n) is 13.8.